The summed E-state index contributed by atoms with van der Waals surface area (Å²) in [7, 11) is -2.45. The number of piperidine rings is 1. The number of nitrogens with zero attached hydrogens (tertiary/aromatic N) is 2. The predicted octanol–water partition coefficient (Wildman–Crippen LogP) is 3.38. The maximum absolute atomic E-state index is 12.8. The van der Waals surface area contributed by atoms with E-state index >= 15 is 0 Å². The van der Waals surface area contributed by atoms with Crippen molar-refractivity contribution in [3.8, 4) is 17.2 Å². The van der Waals surface area contributed by atoms with E-state index in [-0.39, 0.29) is 22.1 Å². The number of benzene rings is 2. The Bertz CT molecular complexity index is 1030. The first kappa shape index (κ1) is 20.7. The van der Waals surface area contributed by atoms with Crippen LogP contribution in [0.3, 0.4) is 0 Å². The summed E-state index contributed by atoms with van der Waals surface area (Å²) in [5.41, 5.74) is -0.128. The Balaban J connectivity index is 1.97. The fourth-order valence-corrected chi connectivity index (χ4v) is 4.64. The minimum atomic E-state index is -3.82. The zero-order valence-electron chi connectivity index (χ0n) is 15.7. The van der Waals surface area contributed by atoms with Crippen LogP contribution in [0, 0.1) is 10.1 Å². The van der Waals surface area contributed by atoms with Gasteiger partial charge in [-0.3, -0.25) is 14.9 Å². The Morgan fingerprint density at radius 1 is 1.03 bits per heavy atom. The monoisotopic (exact) mass is 420 g/mol. The molecule has 1 aliphatic heterocycles. The van der Waals surface area contributed by atoms with Crippen LogP contribution in [0.4, 0.5) is 5.69 Å². The highest BCUT2D eigenvalue weighted by atomic mass is 32.2. The standard InChI is InChI=1S/C19H20N2O7S/c1-27-19-11-14(13-22)5-7-18(19)28-17-8-6-15(12-16(17)21(23)24)29(25,26)20-9-3-2-4-10-20/h5-8,11-13H,2-4,9-10H2,1H3. The van der Waals surface area contributed by atoms with Gasteiger partial charge in [-0.2, -0.15) is 4.31 Å². The maximum atomic E-state index is 12.8. The van der Waals surface area contributed by atoms with Gasteiger partial charge in [-0.15, -0.1) is 0 Å². The van der Waals surface area contributed by atoms with Crippen molar-refractivity contribution in [1.29, 1.82) is 0 Å². The van der Waals surface area contributed by atoms with Gasteiger partial charge < -0.3 is 9.47 Å². The summed E-state index contributed by atoms with van der Waals surface area (Å²) in [6, 6.07) is 7.91. The van der Waals surface area contributed by atoms with Crippen molar-refractivity contribution in [1.82, 2.24) is 4.31 Å². The van der Waals surface area contributed by atoms with Crippen molar-refractivity contribution in [2.24, 2.45) is 0 Å². The molecule has 154 valence electrons. The number of hydrogen-bond acceptors (Lipinski definition) is 7. The molecule has 1 fully saturated rings. The average Bonchev–Trinajstić information content (AvgIpc) is 2.74. The summed E-state index contributed by atoms with van der Waals surface area (Å²) in [6.07, 6.45) is 3.12. The van der Waals surface area contributed by atoms with Crippen LogP contribution in [0.25, 0.3) is 0 Å². The second kappa shape index (κ2) is 8.58. The van der Waals surface area contributed by atoms with Crippen LogP contribution in [0.1, 0.15) is 29.6 Å². The number of ether oxygens (including phenoxy) is 2. The molecule has 1 saturated heterocycles. The smallest absolute Gasteiger partial charge is 0.312 e. The van der Waals surface area contributed by atoms with Gasteiger partial charge in [-0.25, -0.2) is 8.42 Å². The summed E-state index contributed by atoms with van der Waals surface area (Å²) in [6.45, 7) is 0.795. The topological polar surface area (TPSA) is 116 Å². The van der Waals surface area contributed by atoms with E-state index in [0.717, 1.165) is 25.3 Å². The average molecular weight is 420 g/mol. The molecule has 1 heterocycles. The zero-order valence-corrected chi connectivity index (χ0v) is 16.6. The van der Waals surface area contributed by atoms with E-state index in [1.807, 2.05) is 0 Å². The molecule has 0 bridgehead atoms. The molecule has 2 aromatic rings. The van der Waals surface area contributed by atoms with Gasteiger partial charge in [-0.1, -0.05) is 6.42 Å². The van der Waals surface area contributed by atoms with Crippen molar-refractivity contribution >= 4 is 22.0 Å². The van der Waals surface area contributed by atoms with Crippen LogP contribution in [-0.4, -0.2) is 44.1 Å². The Labute approximate surface area is 168 Å². The molecule has 0 aromatic heterocycles. The largest absolute Gasteiger partial charge is 0.493 e. The van der Waals surface area contributed by atoms with Gasteiger partial charge in [0.1, 0.15) is 6.29 Å². The molecule has 1 aliphatic rings. The number of carbonyl (C=O) groups is 1. The molecule has 0 atom stereocenters. The molecule has 0 aliphatic carbocycles. The summed E-state index contributed by atoms with van der Waals surface area (Å²) in [4.78, 5) is 21.6. The number of carbonyl (C=O) groups excluding carboxylic acids is 1. The van der Waals surface area contributed by atoms with Gasteiger partial charge in [0, 0.05) is 24.7 Å². The number of hydrogen-bond donors (Lipinski definition) is 0. The van der Waals surface area contributed by atoms with Crippen LogP contribution >= 0.6 is 0 Å². The van der Waals surface area contributed by atoms with Gasteiger partial charge in [0.15, 0.2) is 11.5 Å². The minimum Gasteiger partial charge on any atom is -0.493 e. The predicted molar refractivity (Wildman–Crippen MR) is 104 cm³/mol. The molecule has 0 spiro atoms. The number of nitro groups is 1. The summed E-state index contributed by atoms with van der Waals surface area (Å²) in [5.74, 6) is 0.242. The number of nitro benzene ring substituents is 1. The highest BCUT2D eigenvalue weighted by Gasteiger charge is 2.29. The summed E-state index contributed by atoms with van der Waals surface area (Å²) < 4.78 is 37.7. The zero-order chi connectivity index (χ0) is 21.0. The third kappa shape index (κ3) is 4.38. The molecule has 0 saturated carbocycles. The normalized spacial score (nSPS) is 14.9. The van der Waals surface area contributed by atoms with E-state index < -0.39 is 20.6 Å². The summed E-state index contributed by atoms with van der Waals surface area (Å²) >= 11 is 0. The second-order valence-corrected chi connectivity index (χ2v) is 8.42. The van der Waals surface area contributed by atoms with E-state index in [0.29, 0.717) is 24.9 Å². The molecule has 29 heavy (non-hydrogen) atoms. The molecular formula is C19H20N2O7S. The van der Waals surface area contributed by atoms with Gasteiger partial charge in [0.25, 0.3) is 0 Å². The van der Waals surface area contributed by atoms with Crippen molar-refractivity contribution in [3.05, 3.63) is 52.1 Å². The van der Waals surface area contributed by atoms with Crippen LogP contribution in [0.15, 0.2) is 41.3 Å². The Morgan fingerprint density at radius 2 is 1.72 bits per heavy atom. The highest BCUT2D eigenvalue weighted by molar-refractivity contribution is 7.89. The van der Waals surface area contributed by atoms with Gasteiger partial charge in [0.2, 0.25) is 15.8 Å². The minimum absolute atomic E-state index is 0.134. The van der Waals surface area contributed by atoms with Crippen molar-refractivity contribution in [3.63, 3.8) is 0 Å². The molecule has 2 aromatic carbocycles. The number of sulfonamides is 1. The maximum Gasteiger partial charge on any atom is 0.312 e. The lowest BCUT2D eigenvalue weighted by Crippen LogP contribution is -2.35. The van der Waals surface area contributed by atoms with Crippen LogP contribution < -0.4 is 9.47 Å². The third-order valence-corrected chi connectivity index (χ3v) is 6.52. The third-order valence-electron chi connectivity index (χ3n) is 4.62. The Hall–Kier alpha value is -2.98. The molecule has 0 unspecified atom stereocenters. The van der Waals surface area contributed by atoms with Crippen molar-refractivity contribution < 1.29 is 27.6 Å². The quantitative estimate of drug-likeness (QED) is 0.383. The molecule has 0 N–H and O–H groups in total. The molecule has 0 amide bonds. The lowest BCUT2D eigenvalue weighted by Gasteiger charge is -2.25. The van der Waals surface area contributed by atoms with Crippen LogP contribution in [0.5, 0.6) is 17.2 Å². The summed E-state index contributed by atoms with van der Waals surface area (Å²) in [5, 5.41) is 11.6. The first-order chi connectivity index (χ1) is 13.9. The lowest BCUT2D eigenvalue weighted by molar-refractivity contribution is -0.385. The molecule has 0 radical (unpaired) electrons. The molecule has 10 heteroatoms. The SMILES string of the molecule is COc1cc(C=O)ccc1Oc1ccc(S(=O)(=O)N2CCCCC2)cc1[N+](=O)[O-]. The number of rotatable bonds is 7. The fourth-order valence-electron chi connectivity index (χ4n) is 3.10. The Morgan fingerprint density at radius 3 is 2.34 bits per heavy atom. The van der Waals surface area contributed by atoms with Crippen molar-refractivity contribution in [2.75, 3.05) is 20.2 Å². The van der Waals surface area contributed by atoms with E-state index in [2.05, 4.69) is 0 Å². The molecule has 9 nitrogen and oxygen atoms in total. The molecule has 3 rings (SSSR count). The van der Waals surface area contributed by atoms with E-state index in [4.69, 9.17) is 9.47 Å². The molecular weight excluding hydrogens is 400 g/mol. The van der Waals surface area contributed by atoms with Crippen LogP contribution in [-0.2, 0) is 10.0 Å². The van der Waals surface area contributed by atoms with Crippen molar-refractivity contribution in [2.45, 2.75) is 24.2 Å². The first-order valence-electron chi connectivity index (χ1n) is 8.96. The lowest BCUT2D eigenvalue weighted by atomic mass is 10.2. The van der Waals surface area contributed by atoms with Gasteiger partial charge in [-0.05, 0) is 43.2 Å². The van der Waals surface area contributed by atoms with Gasteiger partial charge >= 0.3 is 5.69 Å². The number of aldehydes is 1. The van der Waals surface area contributed by atoms with E-state index in [1.165, 1.54) is 41.7 Å². The van der Waals surface area contributed by atoms with Gasteiger partial charge in [0.05, 0.1) is 16.9 Å². The van der Waals surface area contributed by atoms with E-state index in [1.54, 1.807) is 0 Å². The first-order valence-corrected chi connectivity index (χ1v) is 10.4. The highest BCUT2D eigenvalue weighted by Crippen LogP contribution is 2.38. The second-order valence-electron chi connectivity index (χ2n) is 6.48. The number of methoxy groups -OCH3 is 1. The van der Waals surface area contributed by atoms with E-state index in [9.17, 15) is 23.3 Å². The fraction of sp³-hybridized carbons (Fsp3) is 0.316. The Kier molecular flexibility index (Phi) is 6.14. The van der Waals surface area contributed by atoms with Crippen LogP contribution in [0.2, 0.25) is 0 Å².